The highest BCUT2D eigenvalue weighted by atomic mass is 16.5. The monoisotopic (exact) mass is 444 g/mol. The molecule has 0 unspecified atom stereocenters. The van der Waals surface area contributed by atoms with Gasteiger partial charge >= 0.3 is 11.9 Å². The molecule has 0 fully saturated rings. The maximum atomic E-state index is 11.9. The Bertz CT molecular complexity index is 937. The Morgan fingerprint density at radius 3 is 1.44 bits per heavy atom. The summed E-state index contributed by atoms with van der Waals surface area (Å²) in [5, 5.41) is 24.3. The Morgan fingerprint density at radius 1 is 0.719 bits per heavy atom. The third-order valence-electron chi connectivity index (χ3n) is 4.18. The molecule has 0 saturated carbocycles. The molecule has 170 valence electrons. The van der Waals surface area contributed by atoms with Gasteiger partial charge in [0.05, 0.1) is 0 Å². The first-order valence-electron chi connectivity index (χ1n) is 9.64. The van der Waals surface area contributed by atoms with Crippen LogP contribution in [0.1, 0.15) is 31.8 Å². The molecule has 0 atom stereocenters. The molecule has 0 aliphatic rings. The molecule has 10 heteroatoms. The van der Waals surface area contributed by atoms with Crippen molar-refractivity contribution in [3.8, 4) is 11.5 Å². The minimum atomic E-state index is -0.840. The summed E-state index contributed by atoms with van der Waals surface area (Å²) in [5.41, 5.74) is 1.43. The van der Waals surface area contributed by atoms with Crippen molar-refractivity contribution >= 4 is 23.8 Å². The number of carbonyl (C=O) groups is 4. The van der Waals surface area contributed by atoms with Gasteiger partial charge in [0.15, 0.2) is 13.2 Å². The lowest BCUT2D eigenvalue weighted by Gasteiger charge is -2.09. The van der Waals surface area contributed by atoms with Gasteiger partial charge in [0, 0.05) is 13.1 Å². The fraction of sp³-hybridized carbons (Fsp3) is 0.273. The van der Waals surface area contributed by atoms with Crippen LogP contribution in [0.4, 0.5) is 0 Å². The van der Waals surface area contributed by atoms with Crippen LogP contribution in [0.25, 0.3) is 0 Å². The van der Waals surface area contributed by atoms with Crippen molar-refractivity contribution in [1.82, 2.24) is 10.6 Å². The van der Waals surface area contributed by atoms with Crippen LogP contribution < -0.4 is 10.6 Å². The number of phenols is 2. The van der Waals surface area contributed by atoms with E-state index in [1.807, 2.05) is 0 Å². The number of ether oxygens (including phenoxy) is 2. The Hall–Kier alpha value is -4.08. The molecule has 0 bridgehead atoms. The molecular weight excluding hydrogens is 420 g/mol. The van der Waals surface area contributed by atoms with Gasteiger partial charge in [-0.2, -0.15) is 0 Å². The normalized spacial score (nSPS) is 10.2. The zero-order valence-corrected chi connectivity index (χ0v) is 17.6. The molecule has 0 aliphatic heterocycles. The average molecular weight is 444 g/mol. The molecule has 0 radical (unpaired) electrons. The third-order valence-corrected chi connectivity index (χ3v) is 4.18. The fourth-order valence-corrected chi connectivity index (χ4v) is 2.55. The number of aryl methyl sites for hydroxylation is 2. The van der Waals surface area contributed by atoms with E-state index in [0.717, 1.165) is 11.1 Å². The molecule has 32 heavy (non-hydrogen) atoms. The zero-order chi connectivity index (χ0) is 23.7. The van der Waals surface area contributed by atoms with Crippen LogP contribution >= 0.6 is 0 Å². The van der Waals surface area contributed by atoms with E-state index in [1.165, 1.54) is 24.3 Å². The molecule has 2 aromatic carbocycles. The van der Waals surface area contributed by atoms with Crippen LogP contribution in [0.5, 0.6) is 11.5 Å². The predicted octanol–water partition coefficient (Wildman–Crippen LogP) is 0.961. The second kappa shape index (κ2) is 11.3. The van der Waals surface area contributed by atoms with E-state index >= 15 is 0 Å². The molecule has 2 aromatic rings. The number of benzene rings is 2. The minimum Gasteiger partial charge on any atom is -0.507 e. The standard InChI is InChI=1S/C22H24N2O8/c1-13-3-5-15(17(25)9-13)21(29)31-11-19(27)23-7-8-24-20(28)12-32-22(30)16-6-4-14(2)10-18(16)26/h3-6,9-10,25-26H,7-8,11-12H2,1-2H3,(H,23,27)(H,24,28). The first kappa shape index (κ1) is 24.2. The van der Waals surface area contributed by atoms with E-state index in [0.29, 0.717) is 0 Å². The van der Waals surface area contributed by atoms with Gasteiger partial charge in [-0.3, -0.25) is 9.59 Å². The third kappa shape index (κ3) is 7.31. The van der Waals surface area contributed by atoms with Gasteiger partial charge in [0.2, 0.25) is 0 Å². The van der Waals surface area contributed by atoms with E-state index in [9.17, 15) is 29.4 Å². The molecule has 0 saturated heterocycles. The molecule has 0 aromatic heterocycles. The molecular formula is C22H24N2O8. The lowest BCUT2D eigenvalue weighted by Crippen LogP contribution is -2.38. The van der Waals surface area contributed by atoms with Crippen LogP contribution in [-0.2, 0) is 19.1 Å². The van der Waals surface area contributed by atoms with Crippen LogP contribution in [-0.4, -0.2) is 60.3 Å². The highest BCUT2D eigenvalue weighted by molar-refractivity contribution is 5.94. The predicted molar refractivity (Wildman–Crippen MR) is 112 cm³/mol. The summed E-state index contributed by atoms with van der Waals surface area (Å²) >= 11 is 0. The van der Waals surface area contributed by atoms with Crippen LogP contribution in [0.3, 0.4) is 0 Å². The van der Waals surface area contributed by atoms with Crippen molar-refractivity contribution in [1.29, 1.82) is 0 Å². The number of phenolic OH excluding ortho intramolecular Hbond substituents is 2. The number of hydrogen-bond acceptors (Lipinski definition) is 8. The highest BCUT2D eigenvalue weighted by Crippen LogP contribution is 2.20. The second-order valence-corrected chi connectivity index (χ2v) is 6.89. The van der Waals surface area contributed by atoms with Crippen molar-refractivity contribution in [2.24, 2.45) is 0 Å². The summed E-state index contributed by atoms with van der Waals surface area (Å²) in [4.78, 5) is 47.3. The van der Waals surface area contributed by atoms with Crippen molar-refractivity contribution in [3.63, 3.8) is 0 Å². The van der Waals surface area contributed by atoms with E-state index < -0.39 is 37.0 Å². The molecule has 0 aliphatic carbocycles. The van der Waals surface area contributed by atoms with Gasteiger partial charge in [-0.1, -0.05) is 12.1 Å². The summed E-state index contributed by atoms with van der Waals surface area (Å²) in [6.07, 6.45) is 0. The first-order valence-corrected chi connectivity index (χ1v) is 9.64. The van der Waals surface area contributed by atoms with Crippen LogP contribution in [0.15, 0.2) is 36.4 Å². The zero-order valence-electron chi connectivity index (χ0n) is 17.6. The average Bonchev–Trinajstić information content (AvgIpc) is 2.73. The quantitative estimate of drug-likeness (QED) is 0.330. The highest BCUT2D eigenvalue weighted by Gasteiger charge is 2.15. The van der Waals surface area contributed by atoms with Gasteiger partial charge in [-0.25, -0.2) is 9.59 Å². The number of amides is 2. The molecule has 0 heterocycles. The Kier molecular flexibility index (Phi) is 8.58. The fourth-order valence-electron chi connectivity index (χ4n) is 2.55. The number of carbonyl (C=O) groups excluding carboxylic acids is 4. The summed E-state index contributed by atoms with van der Waals surface area (Å²) in [7, 11) is 0. The maximum absolute atomic E-state index is 11.9. The number of aromatic hydroxyl groups is 2. The summed E-state index contributed by atoms with van der Waals surface area (Å²) in [6, 6.07) is 8.85. The SMILES string of the molecule is Cc1ccc(C(=O)OCC(=O)NCCNC(=O)COC(=O)c2ccc(C)cc2O)c(O)c1. The number of nitrogens with one attached hydrogen (secondary N) is 2. The molecule has 0 spiro atoms. The molecule has 2 rings (SSSR count). The van der Waals surface area contributed by atoms with E-state index in [-0.39, 0.29) is 35.7 Å². The summed E-state index contributed by atoms with van der Waals surface area (Å²) < 4.78 is 9.67. The Labute approximate surface area is 184 Å². The van der Waals surface area contributed by atoms with E-state index in [4.69, 9.17) is 9.47 Å². The first-order chi connectivity index (χ1) is 15.2. The van der Waals surface area contributed by atoms with Gasteiger partial charge in [0.1, 0.15) is 22.6 Å². The largest absolute Gasteiger partial charge is 0.507 e. The topological polar surface area (TPSA) is 151 Å². The maximum Gasteiger partial charge on any atom is 0.342 e. The molecule has 4 N–H and O–H groups in total. The van der Waals surface area contributed by atoms with Gasteiger partial charge in [-0.05, 0) is 49.2 Å². The lowest BCUT2D eigenvalue weighted by atomic mass is 10.1. The minimum absolute atomic E-state index is 0.0462. The van der Waals surface area contributed by atoms with Gasteiger partial charge < -0.3 is 30.3 Å². The smallest absolute Gasteiger partial charge is 0.342 e. The number of rotatable bonds is 9. The van der Waals surface area contributed by atoms with Crippen molar-refractivity contribution in [3.05, 3.63) is 58.7 Å². The van der Waals surface area contributed by atoms with Crippen LogP contribution in [0.2, 0.25) is 0 Å². The Morgan fingerprint density at radius 2 is 1.09 bits per heavy atom. The van der Waals surface area contributed by atoms with Gasteiger partial charge in [0.25, 0.3) is 11.8 Å². The van der Waals surface area contributed by atoms with Gasteiger partial charge in [-0.15, -0.1) is 0 Å². The lowest BCUT2D eigenvalue weighted by molar-refractivity contribution is -0.125. The molecule has 10 nitrogen and oxygen atoms in total. The van der Waals surface area contributed by atoms with Crippen molar-refractivity contribution in [2.75, 3.05) is 26.3 Å². The van der Waals surface area contributed by atoms with E-state index in [2.05, 4.69) is 10.6 Å². The molecule has 2 amide bonds. The van der Waals surface area contributed by atoms with Crippen molar-refractivity contribution < 1.29 is 38.9 Å². The van der Waals surface area contributed by atoms with Crippen molar-refractivity contribution in [2.45, 2.75) is 13.8 Å². The second-order valence-electron chi connectivity index (χ2n) is 6.89. The summed E-state index contributed by atoms with van der Waals surface area (Å²) in [5.74, 6) is -3.35. The summed E-state index contributed by atoms with van der Waals surface area (Å²) in [6.45, 7) is 2.48. The number of esters is 2. The van der Waals surface area contributed by atoms with Crippen LogP contribution in [0, 0.1) is 13.8 Å². The number of hydrogen-bond donors (Lipinski definition) is 4. The Balaban J connectivity index is 1.63. The van der Waals surface area contributed by atoms with E-state index in [1.54, 1.807) is 26.0 Å².